The first-order valence-electron chi connectivity index (χ1n) is 11.2. The summed E-state index contributed by atoms with van der Waals surface area (Å²) in [5.41, 5.74) is 5.83. The van der Waals surface area contributed by atoms with Gasteiger partial charge in [0.15, 0.2) is 10.8 Å². The minimum absolute atomic E-state index is 0.00573. The lowest BCUT2D eigenvalue weighted by molar-refractivity contribution is -0.114. The van der Waals surface area contributed by atoms with Crippen LogP contribution in [0.3, 0.4) is 0 Å². The van der Waals surface area contributed by atoms with E-state index >= 15 is 0 Å². The molecule has 0 spiro atoms. The number of pyridine rings is 1. The number of carbonyl (C=O) groups is 1. The quantitative estimate of drug-likeness (QED) is 0.229. The average Bonchev–Trinajstić information content (AvgIpc) is 2.84. The monoisotopic (exact) mass is 521 g/mol. The molecule has 35 heavy (non-hydrogen) atoms. The fourth-order valence-electron chi connectivity index (χ4n) is 4.35. The SMILES string of the molecule is CC(=O)CSc1nc2nc3c(c(-c4ccc(Cl)cc4)c2c(=O)[nH]1)CCC/C3=C/c1ccc(Cl)cc1. The van der Waals surface area contributed by atoms with E-state index in [-0.39, 0.29) is 17.1 Å². The maximum atomic E-state index is 13.3. The fourth-order valence-corrected chi connectivity index (χ4v) is 5.26. The van der Waals surface area contributed by atoms with Gasteiger partial charge >= 0.3 is 0 Å². The van der Waals surface area contributed by atoms with Crippen LogP contribution >= 0.6 is 35.0 Å². The molecule has 0 saturated heterocycles. The van der Waals surface area contributed by atoms with Crippen LogP contribution in [0.1, 0.15) is 36.6 Å². The number of thioether (sulfide) groups is 1. The summed E-state index contributed by atoms with van der Waals surface area (Å²) in [5, 5.41) is 2.14. The molecule has 0 fully saturated rings. The topological polar surface area (TPSA) is 75.7 Å². The van der Waals surface area contributed by atoms with Crippen LogP contribution in [0.5, 0.6) is 0 Å². The highest BCUT2D eigenvalue weighted by Gasteiger charge is 2.25. The molecular formula is C27H21Cl2N3O2S. The number of ketones is 1. The van der Waals surface area contributed by atoms with E-state index < -0.39 is 0 Å². The number of nitrogens with one attached hydrogen (secondary N) is 1. The molecule has 0 atom stereocenters. The highest BCUT2D eigenvalue weighted by Crippen LogP contribution is 2.40. The summed E-state index contributed by atoms with van der Waals surface area (Å²) < 4.78 is 0. The van der Waals surface area contributed by atoms with Crippen LogP contribution in [-0.2, 0) is 11.2 Å². The van der Waals surface area contributed by atoms with Crippen LogP contribution < -0.4 is 5.56 Å². The first kappa shape index (κ1) is 23.8. The Bertz CT molecular complexity index is 1530. The first-order valence-corrected chi connectivity index (χ1v) is 12.9. The number of aromatic nitrogens is 3. The number of hydrogen-bond acceptors (Lipinski definition) is 5. The summed E-state index contributed by atoms with van der Waals surface area (Å²) in [7, 11) is 0. The van der Waals surface area contributed by atoms with Gasteiger partial charge in [-0.1, -0.05) is 59.2 Å². The predicted molar refractivity (Wildman–Crippen MR) is 144 cm³/mol. The second-order valence-corrected chi connectivity index (χ2v) is 10.3. The summed E-state index contributed by atoms with van der Waals surface area (Å²) in [5.74, 6) is 0.233. The van der Waals surface area contributed by atoms with Crippen LogP contribution in [0.15, 0.2) is 58.5 Å². The van der Waals surface area contributed by atoms with E-state index in [9.17, 15) is 9.59 Å². The molecule has 8 heteroatoms. The summed E-state index contributed by atoms with van der Waals surface area (Å²) >= 11 is 13.4. The van der Waals surface area contributed by atoms with Crippen molar-refractivity contribution in [1.82, 2.24) is 15.0 Å². The molecule has 5 rings (SSSR count). The molecule has 2 heterocycles. The standard InChI is InChI=1S/C27H21Cl2N3O2S/c1-15(33)14-35-27-31-25-23(26(34)32-27)22(17-7-11-20(29)12-8-17)21-4-2-3-18(24(21)30-25)13-16-5-9-19(28)10-6-16/h5-13H,2-4,14H2,1H3,(H,30,31,32,34)/b18-13-. The van der Waals surface area contributed by atoms with Crippen LogP contribution in [-0.4, -0.2) is 26.5 Å². The average molecular weight is 522 g/mol. The highest BCUT2D eigenvalue weighted by atomic mass is 35.5. The number of halogens is 2. The van der Waals surface area contributed by atoms with Gasteiger partial charge in [0.1, 0.15) is 5.78 Å². The zero-order valence-corrected chi connectivity index (χ0v) is 21.2. The molecule has 176 valence electrons. The smallest absolute Gasteiger partial charge is 0.261 e. The van der Waals surface area contributed by atoms with Crippen molar-refractivity contribution in [1.29, 1.82) is 0 Å². The molecule has 1 aliphatic carbocycles. The Morgan fingerprint density at radius 3 is 2.40 bits per heavy atom. The maximum Gasteiger partial charge on any atom is 0.261 e. The van der Waals surface area contributed by atoms with Crippen LogP contribution in [0.2, 0.25) is 10.0 Å². The lowest BCUT2D eigenvalue weighted by Gasteiger charge is -2.23. The van der Waals surface area contributed by atoms with Crippen molar-refractivity contribution in [2.24, 2.45) is 0 Å². The third-order valence-electron chi connectivity index (χ3n) is 5.87. The minimum Gasteiger partial charge on any atom is -0.301 e. The van der Waals surface area contributed by atoms with Gasteiger partial charge in [0.2, 0.25) is 0 Å². The van der Waals surface area contributed by atoms with Crippen molar-refractivity contribution in [2.75, 3.05) is 5.75 Å². The Kier molecular flexibility index (Phi) is 6.78. The third-order valence-corrected chi connectivity index (χ3v) is 7.39. The first-order chi connectivity index (χ1) is 16.9. The van der Waals surface area contributed by atoms with E-state index in [0.29, 0.717) is 26.2 Å². The Labute approximate surface area is 216 Å². The van der Waals surface area contributed by atoms with Crippen molar-refractivity contribution >= 4 is 63.4 Å². The number of hydrogen-bond donors (Lipinski definition) is 1. The number of H-pyrrole nitrogens is 1. The van der Waals surface area contributed by atoms with Crippen molar-refractivity contribution in [3.8, 4) is 11.1 Å². The molecule has 0 bridgehead atoms. The molecule has 0 radical (unpaired) electrons. The molecule has 0 saturated carbocycles. The number of fused-ring (bicyclic) bond motifs is 2. The van der Waals surface area contributed by atoms with Gasteiger partial charge in [-0.25, -0.2) is 9.97 Å². The van der Waals surface area contributed by atoms with E-state index in [1.54, 1.807) is 0 Å². The lowest BCUT2D eigenvalue weighted by Crippen LogP contribution is -2.16. The van der Waals surface area contributed by atoms with Crippen LogP contribution in [0.4, 0.5) is 0 Å². The molecule has 5 nitrogen and oxygen atoms in total. The van der Waals surface area contributed by atoms with Gasteiger partial charge in [-0.2, -0.15) is 0 Å². The Morgan fingerprint density at radius 2 is 1.71 bits per heavy atom. The Morgan fingerprint density at radius 1 is 1.03 bits per heavy atom. The van der Waals surface area contributed by atoms with E-state index in [1.807, 2.05) is 48.5 Å². The third kappa shape index (κ3) is 5.06. The number of aromatic amines is 1. The number of rotatable bonds is 5. The molecule has 0 aliphatic heterocycles. The van der Waals surface area contributed by atoms with E-state index in [1.165, 1.54) is 18.7 Å². The number of carbonyl (C=O) groups excluding carboxylic acids is 1. The predicted octanol–water partition coefficient (Wildman–Crippen LogP) is 6.85. The largest absolute Gasteiger partial charge is 0.301 e. The Balaban J connectivity index is 1.77. The lowest BCUT2D eigenvalue weighted by atomic mass is 9.84. The summed E-state index contributed by atoms with van der Waals surface area (Å²) in [4.78, 5) is 37.2. The number of allylic oxidation sites excluding steroid dienone is 1. The zero-order chi connectivity index (χ0) is 24.5. The van der Waals surface area contributed by atoms with E-state index in [2.05, 4.69) is 16.0 Å². The van der Waals surface area contributed by atoms with Crippen LogP contribution in [0, 0.1) is 0 Å². The highest BCUT2D eigenvalue weighted by molar-refractivity contribution is 7.99. The normalized spacial score (nSPS) is 14.3. The van der Waals surface area contributed by atoms with Gasteiger partial charge in [-0.15, -0.1) is 0 Å². The minimum atomic E-state index is -0.268. The number of benzene rings is 2. The van der Waals surface area contributed by atoms with Crippen molar-refractivity contribution in [3.63, 3.8) is 0 Å². The molecular weight excluding hydrogens is 501 g/mol. The number of Topliss-reactive ketones (excluding diaryl/α,β-unsaturated/α-hetero) is 1. The van der Waals surface area contributed by atoms with Gasteiger partial charge in [0.25, 0.3) is 5.56 Å². The van der Waals surface area contributed by atoms with Gasteiger partial charge < -0.3 is 4.98 Å². The van der Waals surface area contributed by atoms with Gasteiger partial charge in [-0.3, -0.25) is 9.59 Å². The molecule has 2 aromatic heterocycles. The van der Waals surface area contributed by atoms with Crippen molar-refractivity contribution < 1.29 is 4.79 Å². The molecule has 1 N–H and O–H groups in total. The number of nitrogens with zero attached hydrogens (tertiary/aromatic N) is 2. The molecule has 4 aromatic rings. The molecule has 0 unspecified atom stereocenters. The fraction of sp³-hybridized carbons (Fsp3) is 0.185. The van der Waals surface area contributed by atoms with E-state index in [4.69, 9.17) is 28.2 Å². The molecule has 2 aromatic carbocycles. The maximum absolute atomic E-state index is 13.3. The zero-order valence-electron chi connectivity index (χ0n) is 18.9. The Hall–Kier alpha value is -2.93. The van der Waals surface area contributed by atoms with Gasteiger partial charge in [0, 0.05) is 15.6 Å². The molecule has 1 aliphatic rings. The summed E-state index contributed by atoms with van der Waals surface area (Å²) in [6.07, 6.45) is 4.73. The van der Waals surface area contributed by atoms with Gasteiger partial charge in [0.05, 0.1) is 16.8 Å². The second kappa shape index (κ2) is 9.97. The van der Waals surface area contributed by atoms with Gasteiger partial charge in [-0.05, 0) is 78.8 Å². The molecule has 0 amide bonds. The van der Waals surface area contributed by atoms with E-state index in [0.717, 1.165) is 52.8 Å². The van der Waals surface area contributed by atoms with Crippen molar-refractivity contribution in [3.05, 3.63) is 85.8 Å². The summed E-state index contributed by atoms with van der Waals surface area (Å²) in [6, 6.07) is 15.2. The second-order valence-electron chi connectivity index (χ2n) is 8.46. The summed E-state index contributed by atoms with van der Waals surface area (Å²) in [6.45, 7) is 1.51. The van der Waals surface area contributed by atoms with Crippen molar-refractivity contribution in [2.45, 2.75) is 31.3 Å². The van der Waals surface area contributed by atoms with Crippen LogP contribution in [0.25, 0.3) is 33.8 Å².